The predicted octanol–water partition coefficient (Wildman–Crippen LogP) is 4.55. The van der Waals surface area contributed by atoms with E-state index in [1.54, 1.807) is 22.5 Å². The first kappa shape index (κ1) is 16.0. The summed E-state index contributed by atoms with van der Waals surface area (Å²) in [5, 5.41) is 0. The van der Waals surface area contributed by atoms with E-state index in [0.717, 1.165) is 17.3 Å². The third-order valence-corrected chi connectivity index (χ3v) is 8.07. The number of rotatable bonds is 3. The lowest BCUT2D eigenvalue weighted by Gasteiger charge is -2.29. The van der Waals surface area contributed by atoms with Gasteiger partial charge in [0, 0.05) is 21.5 Å². The Bertz CT molecular complexity index is 627. The van der Waals surface area contributed by atoms with Gasteiger partial charge in [0.15, 0.2) is 0 Å². The largest absolute Gasteiger partial charge is 0.244 e. The zero-order valence-electron chi connectivity index (χ0n) is 11.8. The van der Waals surface area contributed by atoms with Gasteiger partial charge in [-0.1, -0.05) is 28.8 Å². The van der Waals surface area contributed by atoms with Crippen LogP contribution in [-0.4, -0.2) is 25.3 Å². The highest BCUT2D eigenvalue weighted by molar-refractivity contribution is 9.11. The molecular formula is C15H19Br2NO2S. The van der Waals surface area contributed by atoms with Gasteiger partial charge >= 0.3 is 0 Å². The third kappa shape index (κ3) is 3.09. The monoisotopic (exact) mass is 435 g/mol. The molecule has 1 aliphatic carbocycles. The van der Waals surface area contributed by atoms with Crippen molar-refractivity contribution in [1.29, 1.82) is 0 Å². The van der Waals surface area contributed by atoms with Gasteiger partial charge in [-0.05, 0) is 65.7 Å². The molecule has 3 rings (SSSR count). The van der Waals surface area contributed by atoms with E-state index in [9.17, 15) is 8.42 Å². The van der Waals surface area contributed by atoms with Crippen molar-refractivity contribution in [1.82, 2.24) is 4.31 Å². The molecule has 0 amide bonds. The lowest BCUT2D eigenvalue weighted by molar-refractivity contribution is 0.288. The van der Waals surface area contributed by atoms with Crippen LogP contribution in [0.25, 0.3) is 0 Å². The number of hydrogen-bond donors (Lipinski definition) is 0. The normalized spacial score (nSPS) is 24.8. The van der Waals surface area contributed by atoms with Gasteiger partial charge in [0.1, 0.15) is 0 Å². The van der Waals surface area contributed by atoms with E-state index in [0.29, 0.717) is 21.8 Å². The molecular weight excluding hydrogens is 418 g/mol. The molecule has 1 saturated carbocycles. The molecule has 2 fully saturated rings. The summed E-state index contributed by atoms with van der Waals surface area (Å²) >= 11 is 6.77. The van der Waals surface area contributed by atoms with Crippen LogP contribution in [0.5, 0.6) is 0 Å². The van der Waals surface area contributed by atoms with Crippen molar-refractivity contribution in [3.05, 3.63) is 27.1 Å². The topological polar surface area (TPSA) is 37.4 Å². The van der Waals surface area contributed by atoms with Gasteiger partial charge < -0.3 is 0 Å². The van der Waals surface area contributed by atoms with E-state index in [-0.39, 0.29) is 6.04 Å². The molecule has 1 unspecified atom stereocenters. The molecule has 2 aliphatic rings. The molecule has 0 radical (unpaired) electrons. The van der Waals surface area contributed by atoms with Crippen molar-refractivity contribution in [2.24, 2.45) is 5.92 Å². The summed E-state index contributed by atoms with van der Waals surface area (Å²) in [5.74, 6) is 0.552. The molecule has 1 aromatic carbocycles. The summed E-state index contributed by atoms with van der Waals surface area (Å²) in [7, 11) is -3.41. The molecule has 0 aromatic heterocycles. The predicted molar refractivity (Wildman–Crippen MR) is 90.7 cm³/mol. The fourth-order valence-electron chi connectivity index (χ4n) is 3.69. The number of sulfonamides is 1. The Morgan fingerprint density at radius 3 is 2.43 bits per heavy atom. The molecule has 1 saturated heterocycles. The fraction of sp³-hybridized carbons (Fsp3) is 0.600. The molecule has 1 aliphatic heterocycles. The summed E-state index contributed by atoms with van der Waals surface area (Å²) in [4.78, 5) is 0.385. The summed E-state index contributed by atoms with van der Waals surface area (Å²) < 4.78 is 29.3. The molecule has 3 nitrogen and oxygen atoms in total. The van der Waals surface area contributed by atoms with Crippen LogP contribution in [0, 0.1) is 5.92 Å². The van der Waals surface area contributed by atoms with E-state index in [2.05, 4.69) is 31.9 Å². The van der Waals surface area contributed by atoms with E-state index in [1.807, 2.05) is 0 Å². The lowest BCUT2D eigenvalue weighted by atomic mass is 9.97. The van der Waals surface area contributed by atoms with E-state index in [1.165, 1.54) is 25.7 Å². The second-order valence-corrected chi connectivity index (χ2v) is 9.57. The van der Waals surface area contributed by atoms with Gasteiger partial charge in [-0.2, -0.15) is 4.31 Å². The number of halogens is 2. The van der Waals surface area contributed by atoms with Crippen LogP contribution in [0.3, 0.4) is 0 Å². The quantitative estimate of drug-likeness (QED) is 0.696. The van der Waals surface area contributed by atoms with Gasteiger partial charge in [-0.15, -0.1) is 0 Å². The Balaban J connectivity index is 1.93. The summed E-state index contributed by atoms with van der Waals surface area (Å²) in [6, 6.07) is 5.48. The summed E-state index contributed by atoms with van der Waals surface area (Å²) in [6.07, 6.45) is 6.84. The molecule has 0 spiro atoms. The first-order valence-corrected chi connectivity index (χ1v) is 10.5. The maximum atomic E-state index is 13.0. The Hall–Kier alpha value is 0.0900. The highest BCUT2D eigenvalue weighted by Gasteiger charge is 2.40. The second-order valence-electron chi connectivity index (χ2n) is 5.94. The minimum atomic E-state index is -3.41. The molecule has 0 N–H and O–H groups in total. The SMILES string of the molecule is O=S(=O)(c1ccc(Br)cc1Br)N1CCCC1C1CCCC1. The van der Waals surface area contributed by atoms with Crippen molar-refractivity contribution in [2.75, 3.05) is 6.54 Å². The Morgan fingerprint density at radius 1 is 1.05 bits per heavy atom. The Labute approximate surface area is 143 Å². The minimum absolute atomic E-state index is 0.202. The van der Waals surface area contributed by atoms with Crippen molar-refractivity contribution in [3.63, 3.8) is 0 Å². The van der Waals surface area contributed by atoms with Gasteiger partial charge in [0.25, 0.3) is 0 Å². The van der Waals surface area contributed by atoms with E-state index in [4.69, 9.17) is 0 Å². The van der Waals surface area contributed by atoms with Crippen LogP contribution < -0.4 is 0 Å². The molecule has 1 aromatic rings. The molecule has 1 atom stereocenters. The Kier molecular flexibility index (Phi) is 4.79. The van der Waals surface area contributed by atoms with Crippen molar-refractivity contribution >= 4 is 41.9 Å². The zero-order chi connectivity index (χ0) is 15.0. The molecule has 6 heteroatoms. The standard InChI is InChI=1S/C15H19Br2NO2S/c16-12-7-8-15(13(17)10-12)21(19,20)18-9-3-6-14(18)11-4-1-2-5-11/h7-8,10-11,14H,1-6,9H2. The van der Waals surface area contributed by atoms with Crippen LogP contribution in [0.4, 0.5) is 0 Å². The van der Waals surface area contributed by atoms with Gasteiger partial charge in [0.05, 0.1) is 4.90 Å². The van der Waals surface area contributed by atoms with Crippen molar-refractivity contribution < 1.29 is 8.42 Å². The van der Waals surface area contributed by atoms with Gasteiger partial charge in [-0.3, -0.25) is 0 Å². The molecule has 1 heterocycles. The van der Waals surface area contributed by atoms with Crippen LogP contribution in [-0.2, 0) is 10.0 Å². The third-order valence-electron chi connectivity index (χ3n) is 4.67. The smallest absolute Gasteiger partial charge is 0.207 e. The lowest BCUT2D eigenvalue weighted by Crippen LogP contribution is -2.39. The summed E-state index contributed by atoms with van der Waals surface area (Å²) in [6.45, 7) is 0.659. The molecule has 0 bridgehead atoms. The average Bonchev–Trinajstić information content (AvgIpc) is 3.09. The first-order valence-electron chi connectivity index (χ1n) is 7.47. The van der Waals surface area contributed by atoms with Crippen LogP contribution in [0.1, 0.15) is 38.5 Å². The highest BCUT2D eigenvalue weighted by atomic mass is 79.9. The van der Waals surface area contributed by atoms with Crippen molar-refractivity contribution in [2.45, 2.75) is 49.5 Å². The van der Waals surface area contributed by atoms with Gasteiger partial charge in [-0.25, -0.2) is 8.42 Å². The fourth-order valence-corrected chi connectivity index (χ4v) is 7.15. The number of nitrogens with zero attached hydrogens (tertiary/aromatic N) is 1. The van der Waals surface area contributed by atoms with E-state index < -0.39 is 10.0 Å². The van der Waals surface area contributed by atoms with Gasteiger partial charge in [0.2, 0.25) is 10.0 Å². The Morgan fingerprint density at radius 2 is 1.76 bits per heavy atom. The van der Waals surface area contributed by atoms with Crippen LogP contribution in [0.15, 0.2) is 32.0 Å². The summed E-state index contributed by atoms with van der Waals surface area (Å²) in [5.41, 5.74) is 0. The highest BCUT2D eigenvalue weighted by Crippen LogP contribution is 2.39. The van der Waals surface area contributed by atoms with E-state index >= 15 is 0 Å². The zero-order valence-corrected chi connectivity index (χ0v) is 15.8. The molecule has 21 heavy (non-hydrogen) atoms. The maximum absolute atomic E-state index is 13.0. The number of benzene rings is 1. The van der Waals surface area contributed by atoms with Crippen LogP contribution in [0.2, 0.25) is 0 Å². The minimum Gasteiger partial charge on any atom is -0.207 e. The van der Waals surface area contributed by atoms with Crippen molar-refractivity contribution in [3.8, 4) is 0 Å². The maximum Gasteiger partial charge on any atom is 0.244 e. The van der Waals surface area contributed by atoms with Crippen LogP contribution >= 0.6 is 31.9 Å². The molecule has 116 valence electrons. The first-order chi connectivity index (χ1) is 10.00. The average molecular weight is 437 g/mol. The number of hydrogen-bond acceptors (Lipinski definition) is 2. The second kappa shape index (κ2) is 6.30.